The number of fused-ring (bicyclic) bond motifs is 3. The summed E-state index contributed by atoms with van der Waals surface area (Å²) in [7, 11) is 3.33. The molecule has 1 amide bonds. The number of hydrogen-bond acceptors (Lipinski definition) is 8. The highest BCUT2D eigenvalue weighted by atomic mass is 19.1. The molecular weight excluding hydrogens is 447 g/mol. The SMILES string of the molecule is CN(C)[C@@H]1C=C(C(N)=O)C(=O)[C@@]2(O)C(O)=C3C(=O)c4c(O)c(CCCO)cc(F)c4C[C@H]3C[C@@H]12. The number of halogens is 1. The lowest BCUT2D eigenvalue weighted by Crippen LogP contribution is -2.62. The van der Waals surface area contributed by atoms with Crippen molar-refractivity contribution in [1.29, 1.82) is 0 Å². The van der Waals surface area contributed by atoms with Crippen LogP contribution in [-0.2, 0) is 22.4 Å². The normalized spacial score (nSPS) is 28.4. The lowest BCUT2D eigenvalue weighted by atomic mass is 9.59. The second-order valence-corrected chi connectivity index (χ2v) is 9.38. The minimum Gasteiger partial charge on any atom is -0.508 e. The fourth-order valence-corrected chi connectivity index (χ4v) is 5.60. The lowest BCUT2D eigenvalue weighted by molar-refractivity contribution is -0.146. The molecule has 9 nitrogen and oxygen atoms in total. The Morgan fingerprint density at radius 2 is 1.97 bits per heavy atom. The summed E-state index contributed by atoms with van der Waals surface area (Å²) in [6.45, 7) is -0.195. The van der Waals surface area contributed by atoms with Crippen molar-refractivity contribution in [1.82, 2.24) is 4.90 Å². The standard InChI is InChI=1S/C24H27FN2O7/c1-27(2)16-9-13(23(26)33)21(31)24(34)14(16)7-11-6-12-15(25)8-10(4-3-5-28)19(29)18(12)20(30)17(11)22(24)32/h8-9,11,14,16,28-29,32,34H,3-7H2,1-2H3,(H2,26,33)/t11-,14-,16+,24+/m0/s1. The van der Waals surface area contributed by atoms with Gasteiger partial charge >= 0.3 is 0 Å². The molecule has 0 aromatic heterocycles. The maximum absolute atomic E-state index is 15.0. The number of allylic oxidation sites excluding steroid dienone is 1. The summed E-state index contributed by atoms with van der Waals surface area (Å²) >= 11 is 0. The van der Waals surface area contributed by atoms with E-state index in [0.29, 0.717) is 0 Å². The molecule has 0 saturated heterocycles. The predicted octanol–water partition coefficient (Wildman–Crippen LogP) is 0.299. The van der Waals surface area contributed by atoms with Crippen molar-refractivity contribution in [3.8, 4) is 5.75 Å². The zero-order valence-corrected chi connectivity index (χ0v) is 18.8. The summed E-state index contributed by atoms with van der Waals surface area (Å²) < 4.78 is 15.0. The number of hydrogen-bond donors (Lipinski definition) is 5. The van der Waals surface area contributed by atoms with Gasteiger partial charge in [0, 0.05) is 29.7 Å². The van der Waals surface area contributed by atoms with Crippen molar-refractivity contribution in [2.45, 2.75) is 37.3 Å². The molecule has 0 saturated carbocycles. The Morgan fingerprint density at radius 3 is 2.56 bits per heavy atom. The van der Waals surface area contributed by atoms with Gasteiger partial charge in [0.25, 0.3) is 5.91 Å². The van der Waals surface area contributed by atoms with Gasteiger partial charge in [-0.1, -0.05) is 6.08 Å². The number of nitrogens with two attached hydrogens (primary N) is 1. The molecular formula is C24H27FN2O7. The molecule has 182 valence electrons. The van der Waals surface area contributed by atoms with E-state index in [0.717, 1.165) is 6.07 Å². The summed E-state index contributed by atoms with van der Waals surface area (Å²) in [4.78, 5) is 40.2. The highest BCUT2D eigenvalue weighted by molar-refractivity contribution is 6.24. The predicted molar refractivity (Wildman–Crippen MR) is 117 cm³/mol. The average Bonchev–Trinajstić information content (AvgIpc) is 2.76. The molecule has 34 heavy (non-hydrogen) atoms. The van der Waals surface area contributed by atoms with Crippen molar-refractivity contribution in [3.63, 3.8) is 0 Å². The van der Waals surface area contributed by atoms with Crippen LogP contribution < -0.4 is 5.73 Å². The third-order valence-electron chi connectivity index (χ3n) is 7.26. The largest absolute Gasteiger partial charge is 0.508 e. The lowest BCUT2D eigenvalue weighted by Gasteiger charge is -2.49. The number of carbonyl (C=O) groups excluding carboxylic acids is 3. The molecule has 0 radical (unpaired) electrons. The first-order chi connectivity index (χ1) is 15.9. The first-order valence-corrected chi connectivity index (χ1v) is 11.0. The van der Waals surface area contributed by atoms with Gasteiger partial charge in [0.15, 0.2) is 11.4 Å². The van der Waals surface area contributed by atoms with Crippen LogP contribution in [0, 0.1) is 17.7 Å². The smallest absolute Gasteiger partial charge is 0.252 e. The molecule has 0 bridgehead atoms. The number of aliphatic hydroxyl groups is 3. The summed E-state index contributed by atoms with van der Waals surface area (Å²) in [5.41, 5.74) is 1.81. The van der Waals surface area contributed by atoms with Crippen molar-refractivity contribution in [2.75, 3.05) is 20.7 Å². The quantitative estimate of drug-likeness (QED) is 0.381. The second-order valence-electron chi connectivity index (χ2n) is 9.38. The number of phenolic OH excluding ortho intramolecular Hbond substituents is 1. The first-order valence-electron chi connectivity index (χ1n) is 11.0. The number of phenols is 1. The van der Waals surface area contributed by atoms with Gasteiger partial charge in [-0.25, -0.2) is 4.39 Å². The number of aryl methyl sites for hydroxylation is 1. The Hall–Kier alpha value is -3.08. The number of aliphatic hydroxyl groups excluding tert-OH is 2. The van der Waals surface area contributed by atoms with Crippen molar-refractivity contribution >= 4 is 17.5 Å². The summed E-state index contributed by atoms with van der Waals surface area (Å²) in [6.07, 6.45) is 1.72. The Morgan fingerprint density at radius 1 is 1.29 bits per heavy atom. The number of aromatic hydroxyl groups is 1. The first kappa shape index (κ1) is 24.1. The van der Waals surface area contributed by atoms with Crippen LogP contribution in [0.1, 0.15) is 34.3 Å². The summed E-state index contributed by atoms with van der Waals surface area (Å²) in [6, 6.07) is 0.462. The van der Waals surface area contributed by atoms with Crippen molar-refractivity contribution in [3.05, 3.63) is 51.6 Å². The number of benzene rings is 1. The van der Waals surface area contributed by atoms with Gasteiger partial charge in [-0.05, 0) is 57.3 Å². The van der Waals surface area contributed by atoms with Crippen LogP contribution in [0.25, 0.3) is 0 Å². The molecule has 1 aromatic rings. The van der Waals surface area contributed by atoms with Crippen LogP contribution >= 0.6 is 0 Å². The van der Waals surface area contributed by atoms with Gasteiger partial charge in [0.1, 0.15) is 17.3 Å². The number of nitrogens with zero attached hydrogens (tertiary/aromatic N) is 1. The molecule has 1 aromatic carbocycles. The van der Waals surface area contributed by atoms with Crippen LogP contribution in [-0.4, -0.2) is 75.1 Å². The van der Waals surface area contributed by atoms with Crippen LogP contribution in [0.2, 0.25) is 0 Å². The van der Waals surface area contributed by atoms with E-state index in [9.17, 15) is 29.7 Å². The minimum atomic E-state index is -2.57. The monoisotopic (exact) mass is 474 g/mol. The Labute approximate surface area is 195 Å². The molecule has 0 spiro atoms. The fourth-order valence-electron chi connectivity index (χ4n) is 5.60. The van der Waals surface area contributed by atoms with E-state index >= 15 is 4.39 Å². The highest BCUT2D eigenvalue weighted by Gasteiger charge is 2.61. The van der Waals surface area contributed by atoms with E-state index in [1.54, 1.807) is 19.0 Å². The van der Waals surface area contributed by atoms with Crippen LogP contribution in [0.5, 0.6) is 5.75 Å². The Balaban J connectivity index is 1.91. The molecule has 6 N–H and O–H groups in total. The van der Waals surface area contributed by atoms with E-state index in [2.05, 4.69) is 0 Å². The Kier molecular flexibility index (Phi) is 5.87. The second kappa shape index (κ2) is 8.30. The molecule has 4 atom stereocenters. The fraction of sp³-hybridized carbons (Fsp3) is 0.458. The van der Waals surface area contributed by atoms with E-state index in [1.165, 1.54) is 6.08 Å². The van der Waals surface area contributed by atoms with E-state index in [-0.39, 0.29) is 54.6 Å². The zero-order chi connectivity index (χ0) is 25.1. The van der Waals surface area contributed by atoms with E-state index in [4.69, 9.17) is 10.8 Å². The van der Waals surface area contributed by atoms with Gasteiger partial charge in [0.2, 0.25) is 5.78 Å². The van der Waals surface area contributed by atoms with Gasteiger partial charge in [-0.2, -0.15) is 0 Å². The maximum atomic E-state index is 15.0. The van der Waals surface area contributed by atoms with Crippen LogP contribution in [0.3, 0.4) is 0 Å². The van der Waals surface area contributed by atoms with Gasteiger partial charge in [-0.3, -0.25) is 14.4 Å². The number of amides is 1. The molecule has 3 aliphatic rings. The van der Waals surface area contributed by atoms with Gasteiger partial charge < -0.3 is 31.1 Å². The Bertz CT molecular complexity index is 1170. The van der Waals surface area contributed by atoms with E-state index in [1.807, 2.05) is 0 Å². The van der Waals surface area contributed by atoms with Crippen molar-refractivity contribution in [2.24, 2.45) is 17.6 Å². The molecule has 0 aliphatic heterocycles. The zero-order valence-electron chi connectivity index (χ0n) is 18.8. The van der Waals surface area contributed by atoms with Crippen LogP contribution in [0.4, 0.5) is 4.39 Å². The summed E-state index contributed by atoms with van der Waals surface area (Å²) in [5, 5.41) is 42.5. The topological polar surface area (TPSA) is 161 Å². The molecule has 3 aliphatic carbocycles. The van der Waals surface area contributed by atoms with Crippen molar-refractivity contribution < 1.29 is 39.2 Å². The molecule has 10 heteroatoms. The molecule has 0 heterocycles. The number of Topliss-reactive ketones (excluding diaryl/α,β-unsaturated/α-hetero) is 2. The number of carbonyl (C=O) groups is 3. The molecule has 4 rings (SSSR count). The molecule has 0 unspecified atom stereocenters. The third-order valence-corrected chi connectivity index (χ3v) is 7.26. The van der Waals surface area contributed by atoms with Gasteiger partial charge in [0.05, 0.1) is 11.1 Å². The number of primary amides is 1. The third kappa shape index (κ3) is 3.28. The summed E-state index contributed by atoms with van der Waals surface area (Å²) in [5.74, 6) is -6.75. The number of rotatable bonds is 5. The number of likely N-dealkylation sites (N-methyl/N-ethyl adjacent to an activating group) is 1. The van der Waals surface area contributed by atoms with E-state index < -0.39 is 63.9 Å². The molecule has 0 fully saturated rings. The number of ketones is 2. The minimum absolute atomic E-state index is 0.000792. The highest BCUT2D eigenvalue weighted by Crippen LogP contribution is 2.51. The average molecular weight is 474 g/mol. The van der Waals surface area contributed by atoms with Gasteiger partial charge in [-0.15, -0.1) is 0 Å². The maximum Gasteiger partial charge on any atom is 0.252 e. The van der Waals surface area contributed by atoms with Crippen LogP contribution in [0.15, 0.2) is 29.0 Å².